The molecule has 0 spiro atoms. The molecule has 1 aliphatic heterocycles. The third kappa shape index (κ3) is 4.25. The molecule has 1 saturated heterocycles. The summed E-state index contributed by atoms with van der Waals surface area (Å²) in [5, 5.41) is 2.70. The third-order valence-electron chi connectivity index (χ3n) is 4.35. The van der Waals surface area contributed by atoms with E-state index in [1.54, 1.807) is 6.07 Å². The second kappa shape index (κ2) is 8.04. The molecule has 144 valence electrons. The number of amides is 3. The Morgan fingerprint density at radius 3 is 2.29 bits per heavy atom. The van der Waals surface area contributed by atoms with Crippen LogP contribution in [0.25, 0.3) is 0 Å². The molecular weight excluding hydrogens is 360 g/mol. The summed E-state index contributed by atoms with van der Waals surface area (Å²) in [4.78, 5) is 49.1. The van der Waals surface area contributed by atoms with E-state index in [0.29, 0.717) is 11.4 Å². The second-order valence-electron chi connectivity index (χ2n) is 6.58. The number of aryl methyl sites for hydroxylation is 1. The predicted molar refractivity (Wildman–Crippen MR) is 103 cm³/mol. The van der Waals surface area contributed by atoms with Gasteiger partial charge in [0, 0.05) is 18.5 Å². The number of hydrogen-bond acceptors (Lipinski definition) is 5. The van der Waals surface area contributed by atoms with Crippen molar-refractivity contribution in [1.29, 1.82) is 0 Å². The lowest BCUT2D eigenvalue weighted by molar-refractivity contribution is -0.124. The maximum Gasteiger partial charge on any atom is 0.338 e. The minimum absolute atomic E-state index is 0.191. The summed E-state index contributed by atoms with van der Waals surface area (Å²) in [6.45, 7) is 3.39. The number of carbonyl (C=O) groups is 4. The topological polar surface area (TPSA) is 92.8 Å². The third-order valence-corrected chi connectivity index (χ3v) is 4.35. The van der Waals surface area contributed by atoms with Crippen LogP contribution in [-0.2, 0) is 19.1 Å². The zero-order valence-corrected chi connectivity index (χ0v) is 15.6. The van der Waals surface area contributed by atoms with E-state index in [-0.39, 0.29) is 30.2 Å². The van der Waals surface area contributed by atoms with Gasteiger partial charge in [0.2, 0.25) is 11.8 Å². The Kier molecular flexibility index (Phi) is 5.54. The maximum atomic E-state index is 12.3. The fraction of sp³-hybridized carbons (Fsp3) is 0.238. The van der Waals surface area contributed by atoms with Crippen LogP contribution in [0.1, 0.15) is 35.7 Å². The number of esters is 1. The number of hydrogen-bond donors (Lipinski definition) is 1. The number of rotatable bonds is 5. The fourth-order valence-corrected chi connectivity index (χ4v) is 2.86. The number of anilines is 2. The van der Waals surface area contributed by atoms with E-state index in [1.165, 1.54) is 31.2 Å². The van der Waals surface area contributed by atoms with Gasteiger partial charge in [-0.1, -0.05) is 12.1 Å². The van der Waals surface area contributed by atoms with Gasteiger partial charge < -0.3 is 10.1 Å². The molecule has 3 amide bonds. The summed E-state index contributed by atoms with van der Waals surface area (Å²) in [6.07, 6.45) is -0.610. The molecule has 1 heterocycles. The van der Waals surface area contributed by atoms with Crippen LogP contribution < -0.4 is 10.2 Å². The molecule has 3 rings (SSSR count). The van der Waals surface area contributed by atoms with E-state index >= 15 is 0 Å². The Bertz CT molecular complexity index is 920. The van der Waals surface area contributed by atoms with Crippen molar-refractivity contribution in [3.05, 3.63) is 59.7 Å². The van der Waals surface area contributed by atoms with Gasteiger partial charge in [0.15, 0.2) is 6.10 Å². The van der Waals surface area contributed by atoms with Gasteiger partial charge in [-0.05, 0) is 55.8 Å². The summed E-state index contributed by atoms with van der Waals surface area (Å²) in [5.74, 6) is -1.63. The lowest BCUT2D eigenvalue weighted by Crippen LogP contribution is -2.30. The first-order chi connectivity index (χ1) is 13.3. The molecule has 1 N–H and O–H groups in total. The molecule has 0 bridgehead atoms. The van der Waals surface area contributed by atoms with Gasteiger partial charge >= 0.3 is 5.97 Å². The first kappa shape index (κ1) is 19.3. The Morgan fingerprint density at radius 2 is 1.68 bits per heavy atom. The highest BCUT2D eigenvalue weighted by molar-refractivity contribution is 6.19. The second-order valence-corrected chi connectivity index (χ2v) is 6.58. The van der Waals surface area contributed by atoms with E-state index in [2.05, 4.69) is 5.32 Å². The van der Waals surface area contributed by atoms with Crippen molar-refractivity contribution < 1.29 is 23.9 Å². The molecule has 1 atom stereocenters. The molecule has 7 heteroatoms. The number of ether oxygens (including phenoxy) is 1. The van der Waals surface area contributed by atoms with Gasteiger partial charge in [0.05, 0.1) is 11.3 Å². The first-order valence-electron chi connectivity index (χ1n) is 8.89. The summed E-state index contributed by atoms with van der Waals surface area (Å²) in [7, 11) is 0. The molecule has 0 aromatic heterocycles. The van der Waals surface area contributed by atoms with Gasteiger partial charge in [-0.25, -0.2) is 4.79 Å². The highest BCUT2D eigenvalue weighted by atomic mass is 16.5. The van der Waals surface area contributed by atoms with Crippen LogP contribution in [0.4, 0.5) is 11.4 Å². The van der Waals surface area contributed by atoms with Crippen LogP contribution in [0.2, 0.25) is 0 Å². The van der Waals surface area contributed by atoms with Crippen LogP contribution in [0, 0.1) is 6.92 Å². The van der Waals surface area contributed by atoms with Gasteiger partial charge in [0.1, 0.15) is 0 Å². The molecule has 0 saturated carbocycles. The summed E-state index contributed by atoms with van der Waals surface area (Å²) in [5.41, 5.74) is 2.25. The zero-order valence-electron chi connectivity index (χ0n) is 15.6. The number of carbonyl (C=O) groups excluding carboxylic acids is 4. The van der Waals surface area contributed by atoms with Gasteiger partial charge in [0.25, 0.3) is 5.91 Å². The molecular formula is C21H20N2O5. The minimum Gasteiger partial charge on any atom is -0.449 e. The first-order valence-corrected chi connectivity index (χ1v) is 8.89. The summed E-state index contributed by atoms with van der Waals surface area (Å²) in [6, 6.07) is 13.2. The lowest BCUT2D eigenvalue weighted by atomic mass is 10.2. The minimum atomic E-state index is -0.991. The number of nitrogens with one attached hydrogen (secondary N) is 1. The van der Waals surface area contributed by atoms with Crippen molar-refractivity contribution in [3.63, 3.8) is 0 Å². The average Bonchev–Trinajstić information content (AvgIpc) is 3.00. The quantitative estimate of drug-likeness (QED) is 0.636. The van der Waals surface area contributed by atoms with Crippen LogP contribution in [0.3, 0.4) is 0 Å². The van der Waals surface area contributed by atoms with E-state index in [0.717, 1.165) is 10.5 Å². The molecule has 7 nitrogen and oxygen atoms in total. The zero-order chi connectivity index (χ0) is 20.3. The smallest absolute Gasteiger partial charge is 0.338 e. The molecule has 0 unspecified atom stereocenters. The van der Waals surface area contributed by atoms with E-state index in [1.807, 2.05) is 25.1 Å². The molecule has 1 aliphatic rings. The fourth-order valence-electron chi connectivity index (χ4n) is 2.86. The van der Waals surface area contributed by atoms with Crippen molar-refractivity contribution >= 4 is 35.1 Å². The van der Waals surface area contributed by atoms with E-state index in [9.17, 15) is 19.2 Å². The molecule has 28 heavy (non-hydrogen) atoms. The normalized spacial score (nSPS) is 14.7. The van der Waals surface area contributed by atoms with Crippen molar-refractivity contribution in [2.24, 2.45) is 0 Å². The average molecular weight is 380 g/mol. The monoisotopic (exact) mass is 380 g/mol. The Labute approximate surface area is 162 Å². The molecule has 1 fully saturated rings. The van der Waals surface area contributed by atoms with E-state index in [4.69, 9.17) is 4.74 Å². The predicted octanol–water partition coefficient (Wildman–Crippen LogP) is 2.83. The lowest BCUT2D eigenvalue weighted by Gasteiger charge is -2.15. The van der Waals surface area contributed by atoms with Crippen molar-refractivity contribution in [2.45, 2.75) is 32.8 Å². The largest absolute Gasteiger partial charge is 0.449 e. The van der Waals surface area contributed by atoms with Gasteiger partial charge in [-0.15, -0.1) is 0 Å². The number of nitrogens with zero attached hydrogens (tertiary/aromatic N) is 1. The number of benzene rings is 2. The molecule has 0 radical (unpaired) electrons. The Hall–Kier alpha value is -3.48. The van der Waals surface area contributed by atoms with Crippen LogP contribution in [0.15, 0.2) is 48.5 Å². The van der Waals surface area contributed by atoms with E-state index < -0.39 is 18.0 Å². The number of imide groups is 1. The highest BCUT2D eigenvalue weighted by Crippen LogP contribution is 2.23. The molecule has 0 aliphatic carbocycles. The van der Waals surface area contributed by atoms with Crippen LogP contribution in [-0.4, -0.2) is 29.8 Å². The Balaban J connectivity index is 1.61. The molecule has 2 aromatic carbocycles. The van der Waals surface area contributed by atoms with Gasteiger partial charge in [-0.3, -0.25) is 19.3 Å². The summed E-state index contributed by atoms with van der Waals surface area (Å²) < 4.78 is 5.21. The van der Waals surface area contributed by atoms with Gasteiger partial charge in [-0.2, -0.15) is 0 Å². The van der Waals surface area contributed by atoms with Crippen LogP contribution >= 0.6 is 0 Å². The SMILES string of the molecule is Cc1cccc(NC(=O)[C@@H](C)OC(=O)c2ccc(N3C(=O)CCC3=O)cc2)c1. The van der Waals surface area contributed by atoms with Crippen molar-refractivity contribution in [2.75, 3.05) is 10.2 Å². The highest BCUT2D eigenvalue weighted by Gasteiger charge is 2.30. The standard InChI is InChI=1S/C21H20N2O5/c1-13-4-3-5-16(12-13)22-20(26)14(2)28-21(27)15-6-8-17(9-7-15)23-18(24)10-11-19(23)25/h3-9,12,14H,10-11H2,1-2H3,(H,22,26)/t14-/m1/s1. The van der Waals surface area contributed by atoms with Crippen molar-refractivity contribution in [3.8, 4) is 0 Å². The summed E-state index contributed by atoms with van der Waals surface area (Å²) >= 11 is 0. The molecule has 2 aromatic rings. The maximum absolute atomic E-state index is 12.3. The van der Waals surface area contributed by atoms with Crippen LogP contribution in [0.5, 0.6) is 0 Å². The Morgan fingerprint density at radius 1 is 1.04 bits per heavy atom. The van der Waals surface area contributed by atoms with Crippen molar-refractivity contribution in [1.82, 2.24) is 0 Å².